The fourth-order valence-corrected chi connectivity index (χ4v) is 10.8. The lowest BCUT2D eigenvalue weighted by Crippen LogP contribution is -2.30. The van der Waals surface area contributed by atoms with Crippen molar-refractivity contribution in [3.05, 3.63) is 48.6 Å². The zero-order valence-corrected chi connectivity index (χ0v) is 54.6. The van der Waals surface area contributed by atoms with Crippen LogP contribution in [0.5, 0.6) is 0 Å². The van der Waals surface area contributed by atoms with Gasteiger partial charge in [-0.1, -0.05) is 345 Å². The highest BCUT2D eigenvalue weighted by Crippen LogP contribution is 2.19. The van der Waals surface area contributed by atoms with Gasteiger partial charge in [0.2, 0.25) is 0 Å². The van der Waals surface area contributed by atoms with Crippen molar-refractivity contribution in [2.75, 3.05) is 13.2 Å². The lowest BCUT2D eigenvalue weighted by atomic mass is 10.0. The first-order chi connectivity index (χ1) is 40.0. The van der Waals surface area contributed by atoms with E-state index in [4.69, 9.17) is 14.2 Å². The van der Waals surface area contributed by atoms with E-state index in [9.17, 15) is 14.4 Å². The molecule has 0 amide bonds. The second-order valence-electron chi connectivity index (χ2n) is 24.5. The topological polar surface area (TPSA) is 78.9 Å². The molecule has 81 heavy (non-hydrogen) atoms. The summed E-state index contributed by atoms with van der Waals surface area (Å²) in [6, 6.07) is 0. The quantitative estimate of drug-likeness (QED) is 0.0261. The summed E-state index contributed by atoms with van der Waals surface area (Å²) in [6.45, 7) is 6.65. The number of ether oxygens (including phenoxy) is 3. The van der Waals surface area contributed by atoms with Gasteiger partial charge in [0.05, 0.1) is 0 Å². The summed E-state index contributed by atoms with van der Waals surface area (Å²) in [5, 5.41) is 0. The van der Waals surface area contributed by atoms with Crippen molar-refractivity contribution in [2.24, 2.45) is 0 Å². The predicted octanol–water partition coefficient (Wildman–Crippen LogP) is 24.9. The van der Waals surface area contributed by atoms with Gasteiger partial charge in [-0.3, -0.25) is 14.4 Å². The molecule has 0 saturated heterocycles. The van der Waals surface area contributed by atoms with Gasteiger partial charge in [-0.2, -0.15) is 0 Å². The summed E-state index contributed by atoms with van der Waals surface area (Å²) in [5.74, 6) is -0.858. The molecule has 0 aliphatic heterocycles. The molecular weight excluding hydrogens is 997 g/mol. The molecule has 0 radical (unpaired) electrons. The lowest BCUT2D eigenvalue weighted by Gasteiger charge is -2.18. The van der Waals surface area contributed by atoms with Crippen LogP contribution in [0.4, 0.5) is 0 Å². The van der Waals surface area contributed by atoms with Crippen molar-refractivity contribution in [1.29, 1.82) is 0 Å². The van der Waals surface area contributed by atoms with Crippen LogP contribution in [0.15, 0.2) is 48.6 Å². The molecular formula is C75H138O6. The zero-order valence-electron chi connectivity index (χ0n) is 54.6. The number of rotatable bonds is 67. The first-order valence-corrected chi connectivity index (χ1v) is 36.1. The van der Waals surface area contributed by atoms with Gasteiger partial charge in [-0.25, -0.2) is 0 Å². The van der Waals surface area contributed by atoms with Crippen molar-refractivity contribution in [3.63, 3.8) is 0 Å². The van der Waals surface area contributed by atoms with E-state index in [1.165, 1.54) is 276 Å². The smallest absolute Gasteiger partial charge is 0.306 e. The Hall–Kier alpha value is -2.63. The largest absolute Gasteiger partial charge is 0.462 e. The van der Waals surface area contributed by atoms with Crippen LogP contribution in [0.1, 0.15) is 393 Å². The average Bonchev–Trinajstić information content (AvgIpc) is 3.47. The molecule has 0 heterocycles. The molecule has 1 atom stereocenters. The Morgan fingerprint density at radius 2 is 0.457 bits per heavy atom. The summed E-state index contributed by atoms with van der Waals surface area (Å²) in [4.78, 5) is 38.4. The minimum atomic E-state index is -0.776. The summed E-state index contributed by atoms with van der Waals surface area (Å²) in [7, 11) is 0. The molecule has 474 valence electrons. The molecule has 0 saturated carbocycles. The van der Waals surface area contributed by atoms with Crippen molar-refractivity contribution in [1.82, 2.24) is 0 Å². The van der Waals surface area contributed by atoms with E-state index in [2.05, 4.69) is 69.4 Å². The molecule has 0 N–H and O–H groups in total. The molecule has 0 rings (SSSR count). The van der Waals surface area contributed by atoms with E-state index in [0.717, 1.165) is 77.0 Å². The fourth-order valence-electron chi connectivity index (χ4n) is 10.8. The van der Waals surface area contributed by atoms with E-state index in [1.807, 2.05) is 0 Å². The maximum Gasteiger partial charge on any atom is 0.306 e. The molecule has 6 heteroatoms. The predicted molar refractivity (Wildman–Crippen MR) is 353 cm³/mol. The number of esters is 3. The molecule has 0 fully saturated rings. The van der Waals surface area contributed by atoms with Crippen LogP contribution in [0.2, 0.25) is 0 Å². The van der Waals surface area contributed by atoms with Crippen molar-refractivity contribution >= 4 is 17.9 Å². The standard InChI is InChI=1S/C75H138O6/c1-4-7-10-13-16-19-22-24-26-28-30-32-34-36-37-39-40-42-44-46-48-50-53-56-59-62-65-68-74(77)80-71-72(70-79-73(76)67-64-61-58-55-52-21-18-15-12-9-6-3)81-75(78)69-66-63-60-57-54-51-49-47-45-43-41-38-35-33-31-29-27-25-23-20-17-14-11-8-5-2/h15,18,22,24,28,30,34,36,72H,4-14,16-17,19-21,23,25-27,29,31-33,35,37-71H2,1-3H3/b18-15-,24-22-,30-28-,36-34-. The SMILES string of the molecule is CCCC/C=C\CCCCCCCC(=O)OCC(COC(=O)CCCCCCCCCCCCCC/C=C\C/C=C\C/C=C\CCCCCCC)OC(=O)CCCCCCCCCCCCCCCCCCCCCCCCCCC. The fraction of sp³-hybridized carbons (Fsp3) is 0.853. The molecule has 0 aliphatic carbocycles. The van der Waals surface area contributed by atoms with Crippen LogP contribution in [0.25, 0.3) is 0 Å². The summed E-state index contributed by atoms with van der Waals surface area (Å²) in [6.07, 6.45) is 88.7. The second-order valence-corrected chi connectivity index (χ2v) is 24.5. The van der Waals surface area contributed by atoms with Crippen LogP contribution in [0.3, 0.4) is 0 Å². The Kier molecular flexibility index (Phi) is 67.6. The van der Waals surface area contributed by atoms with E-state index in [1.54, 1.807) is 0 Å². The average molecular weight is 1140 g/mol. The molecule has 0 aromatic heterocycles. The summed E-state index contributed by atoms with van der Waals surface area (Å²) in [5.41, 5.74) is 0. The van der Waals surface area contributed by atoms with Gasteiger partial charge < -0.3 is 14.2 Å². The van der Waals surface area contributed by atoms with Gasteiger partial charge in [-0.05, 0) is 77.0 Å². The number of hydrogen-bond acceptors (Lipinski definition) is 6. The molecule has 0 aromatic carbocycles. The first kappa shape index (κ1) is 78.4. The van der Waals surface area contributed by atoms with Crippen LogP contribution in [-0.2, 0) is 28.6 Å². The zero-order chi connectivity index (χ0) is 58.5. The number of unbranched alkanes of at least 4 members (excludes halogenated alkanes) is 48. The highest BCUT2D eigenvalue weighted by atomic mass is 16.6. The Labute approximate surface area is 505 Å². The maximum absolute atomic E-state index is 12.9. The third-order valence-electron chi connectivity index (χ3n) is 16.3. The Morgan fingerprint density at radius 3 is 0.741 bits per heavy atom. The van der Waals surface area contributed by atoms with E-state index >= 15 is 0 Å². The minimum absolute atomic E-state index is 0.0725. The number of allylic oxidation sites excluding steroid dienone is 8. The van der Waals surface area contributed by atoms with Gasteiger partial charge in [-0.15, -0.1) is 0 Å². The Bertz CT molecular complexity index is 1400. The third kappa shape index (κ3) is 68.0. The van der Waals surface area contributed by atoms with E-state index < -0.39 is 6.10 Å². The molecule has 1 unspecified atom stereocenters. The van der Waals surface area contributed by atoms with Crippen LogP contribution in [-0.4, -0.2) is 37.2 Å². The molecule has 6 nitrogen and oxygen atoms in total. The van der Waals surface area contributed by atoms with Crippen LogP contribution in [0, 0.1) is 0 Å². The van der Waals surface area contributed by atoms with Gasteiger partial charge in [0.1, 0.15) is 13.2 Å². The van der Waals surface area contributed by atoms with Crippen molar-refractivity contribution in [2.45, 2.75) is 399 Å². The molecule has 0 bridgehead atoms. The van der Waals surface area contributed by atoms with Gasteiger partial charge in [0.15, 0.2) is 6.10 Å². The molecule has 0 aromatic rings. The van der Waals surface area contributed by atoms with Gasteiger partial charge in [0, 0.05) is 19.3 Å². The highest BCUT2D eigenvalue weighted by Gasteiger charge is 2.19. The maximum atomic E-state index is 12.9. The monoisotopic (exact) mass is 1140 g/mol. The third-order valence-corrected chi connectivity index (χ3v) is 16.3. The molecule has 0 aliphatic rings. The first-order valence-electron chi connectivity index (χ1n) is 36.1. The Morgan fingerprint density at radius 1 is 0.247 bits per heavy atom. The van der Waals surface area contributed by atoms with Gasteiger partial charge >= 0.3 is 17.9 Å². The Balaban J connectivity index is 4.18. The van der Waals surface area contributed by atoms with E-state index in [0.29, 0.717) is 19.3 Å². The van der Waals surface area contributed by atoms with Gasteiger partial charge in [0.25, 0.3) is 0 Å². The number of carbonyl (C=O) groups is 3. The van der Waals surface area contributed by atoms with E-state index in [-0.39, 0.29) is 31.1 Å². The molecule has 0 spiro atoms. The minimum Gasteiger partial charge on any atom is -0.462 e. The van der Waals surface area contributed by atoms with Crippen LogP contribution < -0.4 is 0 Å². The highest BCUT2D eigenvalue weighted by molar-refractivity contribution is 5.71. The van der Waals surface area contributed by atoms with Crippen molar-refractivity contribution < 1.29 is 28.6 Å². The normalized spacial score (nSPS) is 12.3. The second kappa shape index (κ2) is 69.9. The summed E-state index contributed by atoms with van der Waals surface area (Å²) < 4.78 is 17.0. The number of carbonyl (C=O) groups excluding carboxylic acids is 3. The number of hydrogen-bond donors (Lipinski definition) is 0. The van der Waals surface area contributed by atoms with Crippen LogP contribution >= 0.6 is 0 Å². The lowest BCUT2D eigenvalue weighted by molar-refractivity contribution is -0.167. The summed E-state index contributed by atoms with van der Waals surface area (Å²) >= 11 is 0. The van der Waals surface area contributed by atoms with Crippen molar-refractivity contribution in [3.8, 4) is 0 Å².